The fourth-order valence-electron chi connectivity index (χ4n) is 2.58. The molecule has 27 heavy (non-hydrogen) atoms. The molecule has 0 unspecified atom stereocenters. The second-order valence-corrected chi connectivity index (χ2v) is 7.33. The molecule has 0 fully saturated rings. The molecule has 0 saturated heterocycles. The summed E-state index contributed by atoms with van der Waals surface area (Å²) in [5.41, 5.74) is 0.675. The average Bonchev–Trinajstić information content (AvgIpc) is 2.72. The van der Waals surface area contributed by atoms with Crippen LogP contribution in [0.3, 0.4) is 0 Å². The third-order valence-electron chi connectivity index (χ3n) is 3.98. The number of esters is 1. The van der Waals surface area contributed by atoms with Crippen molar-refractivity contribution in [1.29, 1.82) is 0 Å². The first-order chi connectivity index (χ1) is 13.1. The van der Waals surface area contributed by atoms with Crippen LogP contribution in [0, 0.1) is 0 Å². The van der Waals surface area contributed by atoms with Crippen molar-refractivity contribution in [3.63, 3.8) is 0 Å². The molecule has 0 aliphatic rings. The number of carbonyl (C=O) groups excluding carboxylic acids is 2. The van der Waals surface area contributed by atoms with Crippen LogP contribution >= 0.6 is 0 Å². The molecule has 3 atom stereocenters. The number of amides is 1. The summed E-state index contributed by atoms with van der Waals surface area (Å²) >= 11 is 0. The van der Waals surface area contributed by atoms with Gasteiger partial charge in [-0.2, -0.15) is 0 Å². The van der Waals surface area contributed by atoms with E-state index < -0.39 is 34.8 Å². The van der Waals surface area contributed by atoms with Gasteiger partial charge in [-0.15, -0.1) is 0 Å². The second-order valence-electron chi connectivity index (χ2n) is 5.76. The van der Waals surface area contributed by atoms with E-state index in [1.165, 1.54) is 14.2 Å². The molecule has 0 aromatic heterocycles. The van der Waals surface area contributed by atoms with Crippen LogP contribution in [-0.4, -0.2) is 42.1 Å². The minimum Gasteiger partial charge on any atom is -0.467 e. The summed E-state index contributed by atoms with van der Waals surface area (Å²) in [5, 5.41) is 2.65. The molecule has 6 nitrogen and oxygen atoms in total. The van der Waals surface area contributed by atoms with E-state index in [9.17, 15) is 13.8 Å². The fourth-order valence-corrected chi connectivity index (χ4v) is 3.72. The van der Waals surface area contributed by atoms with E-state index in [0.29, 0.717) is 10.5 Å². The molecule has 2 rings (SSSR count). The van der Waals surface area contributed by atoms with Gasteiger partial charge in [0.05, 0.1) is 17.9 Å². The maximum Gasteiger partial charge on any atom is 0.328 e. The van der Waals surface area contributed by atoms with E-state index >= 15 is 0 Å². The minimum atomic E-state index is -1.28. The summed E-state index contributed by atoms with van der Waals surface area (Å²) in [6, 6.07) is 17.0. The zero-order valence-corrected chi connectivity index (χ0v) is 16.1. The summed E-state index contributed by atoms with van der Waals surface area (Å²) < 4.78 is 22.4. The largest absolute Gasteiger partial charge is 0.467 e. The maximum atomic E-state index is 12.6. The lowest BCUT2D eigenvalue weighted by atomic mass is 10.1. The Morgan fingerprint density at radius 1 is 1.00 bits per heavy atom. The molecular weight excluding hydrogens is 366 g/mol. The first kappa shape index (κ1) is 20.8. The smallest absolute Gasteiger partial charge is 0.328 e. The summed E-state index contributed by atoms with van der Waals surface area (Å²) in [6.45, 7) is 0. The molecule has 1 N–H and O–H groups in total. The molecular formula is C20H23NO5S. The Hall–Kier alpha value is -2.51. The van der Waals surface area contributed by atoms with Crippen molar-refractivity contribution in [2.75, 3.05) is 20.0 Å². The minimum absolute atomic E-state index is 0.186. The SMILES string of the molecule is COC(=O)[C@H](CC[S@@](=O)c1ccccc1)NC(=O)[C@@H](OC)c1ccccc1. The van der Waals surface area contributed by atoms with Crippen LogP contribution in [-0.2, 0) is 29.9 Å². The van der Waals surface area contributed by atoms with Crippen LogP contribution < -0.4 is 5.32 Å². The Kier molecular flexibility index (Phi) is 8.16. The lowest BCUT2D eigenvalue weighted by Crippen LogP contribution is -2.44. The van der Waals surface area contributed by atoms with Gasteiger partial charge < -0.3 is 14.8 Å². The fraction of sp³-hybridized carbons (Fsp3) is 0.300. The first-order valence-electron chi connectivity index (χ1n) is 8.46. The molecule has 0 radical (unpaired) electrons. The number of hydrogen-bond acceptors (Lipinski definition) is 5. The van der Waals surface area contributed by atoms with E-state index in [4.69, 9.17) is 9.47 Å². The zero-order valence-electron chi connectivity index (χ0n) is 15.3. The van der Waals surface area contributed by atoms with Crippen molar-refractivity contribution in [2.45, 2.75) is 23.5 Å². The van der Waals surface area contributed by atoms with Gasteiger partial charge in [-0.1, -0.05) is 48.5 Å². The molecule has 144 valence electrons. The van der Waals surface area contributed by atoms with Gasteiger partial charge in [0, 0.05) is 17.8 Å². The van der Waals surface area contributed by atoms with Crippen LogP contribution in [0.4, 0.5) is 0 Å². The molecule has 0 heterocycles. The van der Waals surface area contributed by atoms with Crippen molar-refractivity contribution in [3.05, 3.63) is 66.2 Å². The Morgan fingerprint density at radius 3 is 2.15 bits per heavy atom. The molecule has 0 saturated carbocycles. The molecule has 2 aromatic carbocycles. The van der Waals surface area contributed by atoms with E-state index in [1.807, 2.05) is 12.1 Å². The van der Waals surface area contributed by atoms with Crippen molar-refractivity contribution in [3.8, 4) is 0 Å². The van der Waals surface area contributed by atoms with E-state index in [1.54, 1.807) is 48.5 Å². The molecule has 0 spiro atoms. The summed E-state index contributed by atoms with van der Waals surface area (Å²) in [7, 11) is 1.40. The van der Waals surface area contributed by atoms with Crippen molar-refractivity contribution >= 4 is 22.7 Å². The highest BCUT2D eigenvalue weighted by atomic mass is 32.2. The first-order valence-corrected chi connectivity index (χ1v) is 9.78. The van der Waals surface area contributed by atoms with E-state index in [-0.39, 0.29) is 12.2 Å². The van der Waals surface area contributed by atoms with Gasteiger partial charge in [0.2, 0.25) is 0 Å². The van der Waals surface area contributed by atoms with Gasteiger partial charge in [-0.3, -0.25) is 9.00 Å². The van der Waals surface area contributed by atoms with Crippen molar-refractivity contribution in [2.24, 2.45) is 0 Å². The Balaban J connectivity index is 2.04. The highest BCUT2D eigenvalue weighted by Crippen LogP contribution is 2.17. The van der Waals surface area contributed by atoms with Crippen LogP contribution in [0.25, 0.3) is 0 Å². The normalized spacial score (nSPS) is 14.0. The number of ether oxygens (including phenoxy) is 2. The van der Waals surface area contributed by atoms with Gasteiger partial charge in [-0.25, -0.2) is 4.79 Å². The zero-order chi connectivity index (χ0) is 19.6. The van der Waals surface area contributed by atoms with Gasteiger partial charge in [-0.05, 0) is 24.1 Å². The number of methoxy groups -OCH3 is 2. The summed E-state index contributed by atoms with van der Waals surface area (Å²) in [4.78, 5) is 25.3. The standard InChI is InChI=1S/C20H23NO5S/c1-25-18(15-9-5-3-6-10-15)19(22)21-17(20(23)26-2)13-14-27(24)16-11-7-4-8-12-16/h3-12,17-18H,13-14H2,1-2H3,(H,21,22)/t17-,18-,27+/m0/s1. The van der Waals surface area contributed by atoms with Gasteiger partial charge in [0.15, 0.2) is 6.10 Å². The van der Waals surface area contributed by atoms with Gasteiger partial charge in [0.25, 0.3) is 5.91 Å². The van der Waals surface area contributed by atoms with Crippen LogP contribution in [0.15, 0.2) is 65.6 Å². The molecule has 2 aromatic rings. The number of nitrogens with one attached hydrogen (secondary N) is 1. The number of rotatable bonds is 9. The van der Waals surface area contributed by atoms with Gasteiger partial charge >= 0.3 is 5.97 Å². The Bertz CT molecular complexity index is 766. The van der Waals surface area contributed by atoms with Gasteiger partial charge in [0.1, 0.15) is 6.04 Å². The molecule has 0 aliphatic carbocycles. The predicted molar refractivity (Wildman–Crippen MR) is 102 cm³/mol. The topological polar surface area (TPSA) is 81.7 Å². The Morgan fingerprint density at radius 2 is 1.59 bits per heavy atom. The number of hydrogen-bond donors (Lipinski definition) is 1. The average molecular weight is 389 g/mol. The quantitative estimate of drug-likeness (QED) is 0.665. The second kappa shape index (κ2) is 10.6. The number of benzene rings is 2. The monoisotopic (exact) mass is 389 g/mol. The molecule has 7 heteroatoms. The lowest BCUT2D eigenvalue weighted by Gasteiger charge is -2.20. The van der Waals surface area contributed by atoms with E-state index in [0.717, 1.165) is 0 Å². The third kappa shape index (κ3) is 6.01. The molecule has 0 bridgehead atoms. The van der Waals surface area contributed by atoms with Crippen LogP contribution in [0.1, 0.15) is 18.1 Å². The highest BCUT2D eigenvalue weighted by molar-refractivity contribution is 7.85. The van der Waals surface area contributed by atoms with Crippen LogP contribution in [0.2, 0.25) is 0 Å². The summed E-state index contributed by atoms with van der Waals surface area (Å²) in [6.07, 6.45) is -0.663. The van der Waals surface area contributed by atoms with Crippen molar-refractivity contribution in [1.82, 2.24) is 5.32 Å². The van der Waals surface area contributed by atoms with Crippen LogP contribution in [0.5, 0.6) is 0 Å². The predicted octanol–water partition coefficient (Wildman–Crippen LogP) is 2.23. The number of carbonyl (C=O) groups is 2. The van der Waals surface area contributed by atoms with Crippen molar-refractivity contribution < 1.29 is 23.3 Å². The van der Waals surface area contributed by atoms with E-state index in [2.05, 4.69) is 5.32 Å². The molecule has 0 aliphatic heterocycles. The third-order valence-corrected chi connectivity index (χ3v) is 5.38. The lowest BCUT2D eigenvalue weighted by molar-refractivity contribution is -0.146. The summed E-state index contributed by atoms with van der Waals surface area (Å²) in [5.74, 6) is -0.825. The molecule has 1 amide bonds. The highest BCUT2D eigenvalue weighted by Gasteiger charge is 2.27. The maximum absolute atomic E-state index is 12.6. The Labute approximate surface area is 161 Å².